The van der Waals surface area contributed by atoms with Crippen LogP contribution in [0, 0.1) is 0 Å². The van der Waals surface area contributed by atoms with Crippen LogP contribution >= 0.6 is 11.6 Å². The fraction of sp³-hybridized carbons (Fsp3) is 0.391. The molecule has 0 spiro atoms. The molecule has 2 aromatic carbocycles. The number of hydrogen-bond donors (Lipinski definition) is 2. The van der Waals surface area contributed by atoms with Crippen LogP contribution in [0.1, 0.15) is 59.2 Å². The molecule has 0 aliphatic heterocycles. The van der Waals surface area contributed by atoms with Crippen molar-refractivity contribution in [1.29, 1.82) is 0 Å². The molecule has 2 amide bonds. The zero-order chi connectivity index (χ0) is 21.1. The van der Waals surface area contributed by atoms with E-state index in [1.807, 2.05) is 0 Å². The number of methoxy groups -OCH3 is 1. The van der Waals surface area contributed by atoms with E-state index in [9.17, 15) is 9.59 Å². The van der Waals surface area contributed by atoms with Crippen molar-refractivity contribution < 1.29 is 19.1 Å². The molecule has 2 fully saturated rings. The number of benzene rings is 2. The number of ether oxygens (including phenoxy) is 2. The first kappa shape index (κ1) is 20.5. The molecule has 0 aromatic heterocycles. The Bertz CT molecular complexity index is 952. The third-order valence-electron chi connectivity index (χ3n) is 5.41. The molecule has 0 heterocycles. The SMILES string of the molecule is COc1cc(C(=O)Nc2ccc(C(=O)NC3CC3)c(Cl)c2)ccc1OC1CCCC1. The molecule has 158 valence electrons. The summed E-state index contributed by atoms with van der Waals surface area (Å²) in [5.74, 6) is 0.685. The number of carbonyl (C=O) groups is 2. The van der Waals surface area contributed by atoms with Crippen molar-refractivity contribution in [2.24, 2.45) is 0 Å². The zero-order valence-electron chi connectivity index (χ0n) is 16.9. The minimum absolute atomic E-state index is 0.192. The Kier molecular flexibility index (Phi) is 6.13. The Morgan fingerprint density at radius 2 is 1.73 bits per heavy atom. The van der Waals surface area contributed by atoms with Crippen LogP contribution in [0.3, 0.4) is 0 Å². The van der Waals surface area contributed by atoms with Crippen molar-refractivity contribution >= 4 is 29.1 Å². The van der Waals surface area contributed by atoms with Gasteiger partial charge in [0.15, 0.2) is 11.5 Å². The Hall–Kier alpha value is -2.73. The molecule has 6 nitrogen and oxygen atoms in total. The third kappa shape index (κ3) is 4.87. The van der Waals surface area contributed by atoms with E-state index in [-0.39, 0.29) is 24.0 Å². The second-order valence-corrected chi connectivity index (χ2v) is 8.19. The van der Waals surface area contributed by atoms with Crippen LogP contribution < -0.4 is 20.1 Å². The van der Waals surface area contributed by atoms with E-state index in [1.54, 1.807) is 43.5 Å². The number of halogens is 1. The van der Waals surface area contributed by atoms with E-state index in [0.717, 1.165) is 25.7 Å². The standard InChI is InChI=1S/C23H25ClN2O4/c1-29-21-12-14(6-11-20(21)30-17-4-2-3-5-17)22(27)26-16-9-10-18(19(24)13-16)23(28)25-15-7-8-15/h6,9-13,15,17H,2-5,7-8H2,1H3,(H,25,28)(H,26,27). The molecule has 30 heavy (non-hydrogen) atoms. The van der Waals surface area contributed by atoms with E-state index >= 15 is 0 Å². The summed E-state index contributed by atoms with van der Waals surface area (Å²) in [7, 11) is 1.56. The molecular formula is C23H25ClN2O4. The second-order valence-electron chi connectivity index (χ2n) is 7.79. The Morgan fingerprint density at radius 1 is 0.967 bits per heavy atom. The maximum Gasteiger partial charge on any atom is 0.255 e. The number of rotatable bonds is 7. The first-order valence-corrected chi connectivity index (χ1v) is 10.7. The predicted octanol–water partition coefficient (Wildman–Crippen LogP) is 4.81. The number of anilines is 1. The monoisotopic (exact) mass is 428 g/mol. The highest BCUT2D eigenvalue weighted by molar-refractivity contribution is 6.34. The van der Waals surface area contributed by atoms with E-state index in [0.29, 0.717) is 33.3 Å². The molecule has 4 rings (SSSR count). The lowest BCUT2D eigenvalue weighted by Gasteiger charge is -2.16. The van der Waals surface area contributed by atoms with Gasteiger partial charge >= 0.3 is 0 Å². The number of hydrogen-bond acceptors (Lipinski definition) is 4. The van der Waals surface area contributed by atoms with Crippen LogP contribution in [-0.4, -0.2) is 31.1 Å². The lowest BCUT2D eigenvalue weighted by molar-refractivity contribution is 0.0950. The maximum atomic E-state index is 12.7. The van der Waals surface area contributed by atoms with Gasteiger partial charge in [-0.2, -0.15) is 0 Å². The zero-order valence-corrected chi connectivity index (χ0v) is 17.6. The van der Waals surface area contributed by atoms with E-state index in [1.165, 1.54) is 12.8 Å². The van der Waals surface area contributed by atoms with Crippen LogP contribution in [0.25, 0.3) is 0 Å². The van der Waals surface area contributed by atoms with Gasteiger partial charge in [0, 0.05) is 17.3 Å². The molecule has 2 aromatic rings. The minimum atomic E-state index is -0.299. The lowest BCUT2D eigenvalue weighted by Crippen LogP contribution is -2.25. The summed E-state index contributed by atoms with van der Waals surface area (Å²) in [6.45, 7) is 0. The van der Waals surface area contributed by atoms with Gasteiger partial charge in [-0.05, 0) is 74.9 Å². The summed E-state index contributed by atoms with van der Waals surface area (Å²) < 4.78 is 11.4. The Balaban J connectivity index is 1.43. The minimum Gasteiger partial charge on any atom is -0.493 e. The molecule has 2 N–H and O–H groups in total. The number of nitrogens with one attached hydrogen (secondary N) is 2. The maximum absolute atomic E-state index is 12.7. The van der Waals surface area contributed by atoms with Gasteiger partial charge in [-0.25, -0.2) is 0 Å². The summed E-state index contributed by atoms with van der Waals surface area (Å²) in [5, 5.41) is 6.01. The van der Waals surface area contributed by atoms with E-state index < -0.39 is 0 Å². The average Bonchev–Trinajstić information content (AvgIpc) is 3.40. The van der Waals surface area contributed by atoms with E-state index in [4.69, 9.17) is 21.1 Å². The van der Waals surface area contributed by atoms with E-state index in [2.05, 4.69) is 10.6 Å². The van der Waals surface area contributed by atoms with Crippen LogP contribution in [0.5, 0.6) is 11.5 Å². The summed E-state index contributed by atoms with van der Waals surface area (Å²) in [4.78, 5) is 24.9. The molecule has 2 aliphatic rings. The first-order chi connectivity index (χ1) is 14.5. The largest absolute Gasteiger partial charge is 0.493 e. The predicted molar refractivity (Wildman–Crippen MR) is 116 cm³/mol. The Labute approximate surface area is 180 Å². The fourth-order valence-electron chi connectivity index (χ4n) is 3.56. The molecule has 0 unspecified atom stereocenters. The smallest absolute Gasteiger partial charge is 0.255 e. The first-order valence-electron chi connectivity index (χ1n) is 10.3. The van der Waals surface area contributed by atoms with Crippen molar-refractivity contribution in [2.45, 2.75) is 50.7 Å². The van der Waals surface area contributed by atoms with Crippen LogP contribution in [0.2, 0.25) is 5.02 Å². The van der Waals surface area contributed by atoms with Gasteiger partial charge in [0.05, 0.1) is 23.8 Å². The van der Waals surface area contributed by atoms with Crippen LogP contribution in [0.15, 0.2) is 36.4 Å². The lowest BCUT2D eigenvalue weighted by atomic mass is 10.1. The molecule has 7 heteroatoms. The van der Waals surface area contributed by atoms with Gasteiger partial charge in [-0.15, -0.1) is 0 Å². The summed E-state index contributed by atoms with van der Waals surface area (Å²) >= 11 is 6.26. The van der Waals surface area contributed by atoms with Crippen molar-refractivity contribution in [3.05, 3.63) is 52.5 Å². The molecule has 0 radical (unpaired) electrons. The summed E-state index contributed by atoms with van der Waals surface area (Å²) in [5.41, 5.74) is 1.35. The molecule has 2 saturated carbocycles. The Morgan fingerprint density at radius 3 is 2.40 bits per heavy atom. The quantitative estimate of drug-likeness (QED) is 0.663. The average molecular weight is 429 g/mol. The van der Waals surface area contributed by atoms with Gasteiger partial charge in [-0.3, -0.25) is 9.59 Å². The van der Waals surface area contributed by atoms with Gasteiger partial charge in [0.2, 0.25) is 0 Å². The van der Waals surface area contributed by atoms with Crippen molar-refractivity contribution in [3.63, 3.8) is 0 Å². The third-order valence-corrected chi connectivity index (χ3v) is 5.72. The topological polar surface area (TPSA) is 76.7 Å². The van der Waals surface area contributed by atoms with Crippen LogP contribution in [-0.2, 0) is 0 Å². The van der Waals surface area contributed by atoms with Gasteiger partial charge < -0.3 is 20.1 Å². The molecular weight excluding hydrogens is 404 g/mol. The normalized spacial score (nSPS) is 16.2. The molecule has 0 bridgehead atoms. The highest BCUT2D eigenvalue weighted by atomic mass is 35.5. The van der Waals surface area contributed by atoms with Crippen molar-refractivity contribution in [3.8, 4) is 11.5 Å². The van der Waals surface area contributed by atoms with Gasteiger partial charge in [0.25, 0.3) is 11.8 Å². The highest BCUT2D eigenvalue weighted by Gasteiger charge is 2.25. The van der Waals surface area contributed by atoms with Gasteiger partial charge in [0.1, 0.15) is 0 Å². The number of amides is 2. The highest BCUT2D eigenvalue weighted by Crippen LogP contribution is 2.32. The van der Waals surface area contributed by atoms with Crippen LogP contribution in [0.4, 0.5) is 5.69 Å². The fourth-order valence-corrected chi connectivity index (χ4v) is 3.83. The second kappa shape index (κ2) is 8.96. The molecule has 0 atom stereocenters. The summed E-state index contributed by atoms with van der Waals surface area (Å²) in [6.07, 6.45) is 6.66. The van der Waals surface area contributed by atoms with Crippen molar-refractivity contribution in [2.75, 3.05) is 12.4 Å². The number of carbonyl (C=O) groups excluding carboxylic acids is 2. The summed E-state index contributed by atoms with van der Waals surface area (Å²) in [6, 6.07) is 10.3. The molecule has 0 saturated heterocycles. The van der Waals surface area contributed by atoms with Gasteiger partial charge in [-0.1, -0.05) is 11.6 Å². The van der Waals surface area contributed by atoms with Crippen molar-refractivity contribution in [1.82, 2.24) is 5.32 Å². The molecule has 2 aliphatic carbocycles.